The fourth-order valence-corrected chi connectivity index (χ4v) is 6.67. The number of furan rings is 1. The standard InChI is InChI=1S/C28H18Br4O3/c1-28(18-11-20(29)26(33)21(30)12-18,19-13-22(31)27(34)23(32)14-19)17-8-6-15(7-9-17)25-10-16-4-2-3-5-24(16)35-25/h2-14,33-34H,1H3. The number of benzene rings is 4. The van der Waals surface area contributed by atoms with Gasteiger partial charge in [0.15, 0.2) is 0 Å². The monoisotopic (exact) mass is 718 g/mol. The van der Waals surface area contributed by atoms with Crippen molar-refractivity contribution in [3.05, 3.63) is 113 Å². The van der Waals surface area contributed by atoms with Crippen LogP contribution in [0.5, 0.6) is 11.5 Å². The van der Waals surface area contributed by atoms with E-state index in [0.29, 0.717) is 17.9 Å². The molecule has 7 heteroatoms. The Labute approximate surface area is 236 Å². The first kappa shape index (κ1) is 24.6. The molecular formula is C28H18Br4O3. The summed E-state index contributed by atoms with van der Waals surface area (Å²) in [5.74, 6) is 1.10. The smallest absolute Gasteiger partial charge is 0.143 e. The van der Waals surface area contributed by atoms with E-state index < -0.39 is 5.41 Å². The van der Waals surface area contributed by atoms with Crippen molar-refractivity contribution in [1.29, 1.82) is 0 Å². The molecule has 3 nitrogen and oxygen atoms in total. The van der Waals surface area contributed by atoms with Gasteiger partial charge in [-0.05, 0) is 124 Å². The van der Waals surface area contributed by atoms with Gasteiger partial charge >= 0.3 is 0 Å². The zero-order valence-electron chi connectivity index (χ0n) is 18.3. The van der Waals surface area contributed by atoms with Gasteiger partial charge in [-0.3, -0.25) is 0 Å². The van der Waals surface area contributed by atoms with Gasteiger partial charge in [0.1, 0.15) is 22.8 Å². The highest BCUT2D eigenvalue weighted by Crippen LogP contribution is 2.47. The van der Waals surface area contributed by atoms with E-state index >= 15 is 0 Å². The van der Waals surface area contributed by atoms with Crippen LogP contribution in [0.2, 0.25) is 0 Å². The third kappa shape index (κ3) is 4.37. The van der Waals surface area contributed by atoms with Gasteiger partial charge in [-0.1, -0.05) is 42.5 Å². The third-order valence-corrected chi connectivity index (χ3v) is 8.78. The molecule has 5 rings (SSSR count). The highest BCUT2D eigenvalue weighted by molar-refractivity contribution is 9.11. The molecule has 0 spiro atoms. The first-order valence-corrected chi connectivity index (χ1v) is 13.8. The number of hydrogen-bond acceptors (Lipinski definition) is 3. The van der Waals surface area contributed by atoms with E-state index in [2.05, 4.69) is 94.9 Å². The van der Waals surface area contributed by atoms with Crippen molar-refractivity contribution in [3.63, 3.8) is 0 Å². The number of hydrogen-bond donors (Lipinski definition) is 2. The SMILES string of the molecule is CC(c1ccc(-c2cc3ccccc3o2)cc1)(c1cc(Br)c(O)c(Br)c1)c1cc(Br)c(O)c(Br)c1. The van der Waals surface area contributed by atoms with Gasteiger partial charge in [-0.15, -0.1) is 0 Å². The maximum absolute atomic E-state index is 10.3. The Morgan fingerprint density at radius 1 is 0.629 bits per heavy atom. The van der Waals surface area contributed by atoms with Crippen molar-refractivity contribution in [3.8, 4) is 22.8 Å². The second kappa shape index (κ2) is 9.43. The lowest BCUT2D eigenvalue weighted by Gasteiger charge is -2.33. The van der Waals surface area contributed by atoms with Crippen LogP contribution in [0, 0.1) is 0 Å². The number of aromatic hydroxyl groups is 2. The van der Waals surface area contributed by atoms with Crippen molar-refractivity contribution in [2.45, 2.75) is 12.3 Å². The van der Waals surface area contributed by atoms with Crippen LogP contribution < -0.4 is 0 Å². The largest absolute Gasteiger partial charge is 0.506 e. The average molecular weight is 722 g/mol. The predicted octanol–water partition coefficient (Wildman–Crippen LogP) is 9.92. The normalized spacial score (nSPS) is 11.8. The van der Waals surface area contributed by atoms with Crippen LogP contribution in [0.4, 0.5) is 0 Å². The molecule has 0 aliphatic heterocycles. The van der Waals surface area contributed by atoms with Gasteiger partial charge in [0.25, 0.3) is 0 Å². The lowest BCUT2D eigenvalue weighted by Crippen LogP contribution is -2.25. The molecule has 0 amide bonds. The van der Waals surface area contributed by atoms with Gasteiger partial charge in [0, 0.05) is 16.4 Å². The Balaban J connectivity index is 1.68. The number of halogens is 4. The summed E-state index contributed by atoms with van der Waals surface area (Å²) < 4.78 is 8.41. The molecule has 2 N–H and O–H groups in total. The van der Waals surface area contributed by atoms with Crippen molar-refractivity contribution in [2.24, 2.45) is 0 Å². The first-order valence-electron chi connectivity index (χ1n) is 10.6. The second-order valence-corrected chi connectivity index (χ2v) is 11.8. The van der Waals surface area contributed by atoms with E-state index in [4.69, 9.17) is 4.42 Å². The molecule has 4 aromatic carbocycles. The van der Waals surface area contributed by atoms with Crippen LogP contribution >= 0.6 is 63.7 Å². The van der Waals surface area contributed by atoms with Crippen LogP contribution in [-0.4, -0.2) is 10.2 Å². The molecule has 1 aromatic heterocycles. The quantitative estimate of drug-likeness (QED) is 0.182. The maximum atomic E-state index is 10.3. The molecule has 0 saturated carbocycles. The molecule has 0 radical (unpaired) electrons. The number of phenols is 2. The lowest BCUT2D eigenvalue weighted by molar-refractivity contribution is 0.467. The molecule has 0 fully saturated rings. The minimum Gasteiger partial charge on any atom is -0.506 e. The third-order valence-electron chi connectivity index (χ3n) is 6.36. The van der Waals surface area contributed by atoms with Crippen molar-refractivity contribution < 1.29 is 14.6 Å². The summed E-state index contributed by atoms with van der Waals surface area (Å²) in [6.45, 7) is 2.12. The van der Waals surface area contributed by atoms with E-state index in [0.717, 1.165) is 39.0 Å². The van der Waals surface area contributed by atoms with E-state index in [1.807, 2.05) is 54.6 Å². The molecule has 0 saturated heterocycles. The van der Waals surface area contributed by atoms with Crippen molar-refractivity contribution in [1.82, 2.24) is 0 Å². The molecule has 0 aliphatic carbocycles. The Morgan fingerprint density at radius 3 is 1.60 bits per heavy atom. The minimum absolute atomic E-state index is 0.143. The predicted molar refractivity (Wildman–Crippen MR) is 154 cm³/mol. The van der Waals surface area contributed by atoms with Crippen LogP contribution in [0.1, 0.15) is 23.6 Å². The molecular weight excluding hydrogens is 704 g/mol. The number of phenolic OH excluding ortho intramolecular Hbond substituents is 2. The van der Waals surface area contributed by atoms with E-state index in [1.165, 1.54) is 0 Å². The summed E-state index contributed by atoms with van der Waals surface area (Å²) in [6.07, 6.45) is 0. The van der Waals surface area contributed by atoms with Gasteiger partial charge in [0.05, 0.1) is 17.9 Å². The Morgan fingerprint density at radius 2 is 1.11 bits per heavy atom. The highest BCUT2D eigenvalue weighted by Gasteiger charge is 2.33. The van der Waals surface area contributed by atoms with Crippen LogP contribution in [0.3, 0.4) is 0 Å². The van der Waals surface area contributed by atoms with Gasteiger partial charge < -0.3 is 14.6 Å². The summed E-state index contributed by atoms with van der Waals surface area (Å²) >= 11 is 13.9. The topological polar surface area (TPSA) is 53.6 Å². The average Bonchev–Trinajstić information content (AvgIpc) is 3.29. The zero-order valence-corrected chi connectivity index (χ0v) is 24.7. The number of rotatable bonds is 4. The Kier molecular flexibility index (Phi) is 6.64. The fourth-order valence-electron chi connectivity index (χ4n) is 4.30. The van der Waals surface area contributed by atoms with Gasteiger partial charge in [0.2, 0.25) is 0 Å². The summed E-state index contributed by atoms with van der Waals surface area (Å²) in [5.41, 5.74) is 4.16. The van der Waals surface area contributed by atoms with Crippen LogP contribution in [-0.2, 0) is 5.41 Å². The molecule has 5 aromatic rings. The molecule has 176 valence electrons. The highest BCUT2D eigenvalue weighted by atomic mass is 79.9. The molecule has 0 atom stereocenters. The van der Waals surface area contributed by atoms with Crippen molar-refractivity contribution in [2.75, 3.05) is 0 Å². The summed E-state index contributed by atoms with van der Waals surface area (Å²) in [4.78, 5) is 0. The lowest BCUT2D eigenvalue weighted by atomic mass is 9.71. The van der Waals surface area contributed by atoms with Gasteiger partial charge in [-0.2, -0.15) is 0 Å². The van der Waals surface area contributed by atoms with E-state index in [9.17, 15) is 10.2 Å². The summed E-state index contributed by atoms with van der Waals surface area (Å²) in [6, 6.07) is 26.0. The maximum Gasteiger partial charge on any atom is 0.143 e. The molecule has 1 heterocycles. The van der Waals surface area contributed by atoms with E-state index in [1.54, 1.807) is 0 Å². The fraction of sp³-hybridized carbons (Fsp3) is 0.0714. The van der Waals surface area contributed by atoms with Crippen LogP contribution in [0.25, 0.3) is 22.3 Å². The second-order valence-electron chi connectivity index (χ2n) is 8.43. The molecule has 0 aliphatic rings. The molecule has 0 unspecified atom stereocenters. The van der Waals surface area contributed by atoms with Gasteiger partial charge in [-0.25, -0.2) is 0 Å². The van der Waals surface area contributed by atoms with Crippen LogP contribution in [0.15, 0.2) is 101 Å². The van der Waals surface area contributed by atoms with Crippen molar-refractivity contribution >= 4 is 74.7 Å². The molecule has 35 heavy (non-hydrogen) atoms. The minimum atomic E-state index is -0.621. The number of para-hydroxylation sites is 1. The summed E-state index contributed by atoms with van der Waals surface area (Å²) in [5, 5.41) is 21.7. The first-order chi connectivity index (χ1) is 16.7. The Hall–Kier alpha value is -2.06. The zero-order chi connectivity index (χ0) is 24.9. The Bertz CT molecular complexity index is 1440. The summed E-state index contributed by atoms with van der Waals surface area (Å²) in [7, 11) is 0. The number of fused-ring (bicyclic) bond motifs is 1. The molecule has 0 bridgehead atoms. The van der Waals surface area contributed by atoms with E-state index in [-0.39, 0.29) is 11.5 Å².